The van der Waals surface area contributed by atoms with Crippen LogP contribution in [0.25, 0.3) is 0 Å². The Bertz CT molecular complexity index is 732. The molecule has 7 heteroatoms. The lowest BCUT2D eigenvalue weighted by molar-refractivity contribution is -0.139. The molecule has 1 atom stereocenters. The summed E-state index contributed by atoms with van der Waals surface area (Å²) in [5, 5.41) is 1.00. The Morgan fingerprint density at radius 3 is 2.96 bits per heavy atom. The third kappa shape index (κ3) is 3.74. The average Bonchev–Trinajstić information content (AvgIpc) is 3.04. The molecule has 1 aliphatic rings. The Kier molecular flexibility index (Phi) is 5.43. The highest BCUT2D eigenvalue weighted by Crippen LogP contribution is 2.29. The molecular formula is C17H19Cl2N3O2. The molecule has 1 unspecified atom stereocenters. The Balaban J connectivity index is 1.68. The summed E-state index contributed by atoms with van der Waals surface area (Å²) >= 11 is 12.0. The van der Waals surface area contributed by atoms with Gasteiger partial charge in [0.15, 0.2) is 0 Å². The molecule has 0 bridgehead atoms. The zero-order chi connectivity index (χ0) is 17.1. The number of carbonyl (C=O) groups excluding carboxylic acids is 1. The third-order valence-corrected chi connectivity index (χ3v) is 4.90. The number of aryl methyl sites for hydroxylation is 1. The molecule has 1 aliphatic heterocycles. The highest BCUT2D eigenvalue weighted by atomic mass is 35.5. The minimum Gasteiger partial charge on any atom is -0.370 e. The van der Waals surface area contributed by atoms with Gasteiger partial charge in [0.2, 0.25) is 5.91 Å². The van der Waals surface area contributed by atoms with E-state index in [1.807, 2.05) is 28.7 Å². The van der Waals surface area contributed by atoms with Crippen molar-refractivity contribution in [1.29, 1.82) is 0 Å². The highest BCUT2D eigenvalue weighted by molar-refractivity contribution is 6.42. The molecule has 128 valence electrons. The van der Waals surface area contributed by atoms with Crippen LogP contribution >= 0.6 is 23.2 Å². The van der Waals surface area contributed by atoms with E-state index in [9.17, 15) is 4.79 Å². The fourth-order valence-corrected chi connectivity index (χ4v) is 3.14. The van der Waals surface area contributed by atoms with Crippen LogP contribution in [0.5, 0.6) is 0 Å². The van der Waals surface area contributed by atoms with E-state index >= 15 is 0 Å². The zero-order valence-corrected chi connectivity index (χ0v) is 14.9. The first-order valence-corrected chi connectivity index (χ1v) is 8.68. The molecule has 1 saturated heterocycles. The highest BCUT2D eigenvalue weighted by Gasteiger charge is 2.26. The number of rotatable bonds is 4. The SMILES string of the molecule is CCc1nccn1CC(=O)N1CCOC(c2ccc(Cl)c(Cl)c2)C1. The van der Waals surface area contributed by atoms with Crippen LogP contribution < -0.4 is 0 Å². The number of nitrogens with zero attached hydrogens (tertiary/aromatic N) is 3. The van der Waals surface area contributed by atoms with Crippen molar-refractivity contribution in [2.45, 2.75) is 26.0 Å². The smallest absolute Gasteiger partial charge is 0.242 e. The Morgan fingerprint density at radius 1 is 1.38 bits per heavy atom. The summed E-state index contributed by atoms with van der Waals surface area (Å²) in [6.07, 6.45) is 4.18. The molecule has 0 saturated carbocycles. The molecular weight excluding hydrogens is 349 g/mol. The van der Waals surface area contributed by atoms with Crippen LogP contribution in [0.3, 0.4) is 0 Å². The number of carbonyl (C=O) groups is 1. The molecule has 1 aromatic heterocycles. The van der Waals surface area contributed by atoms with Crippen molar-refractivity contribution in [3.63, 3.8) is 0 Å². The Hall–Kier alpha value is -1.56. The quantitative estimate of drug-likeness (QED) is 0.832. The van der Waals surface area contributed by atoms with Gasteiger partial charge in [-0.15, -0.1) is 0 Å². The topological polar surface area (TPSA) is 47.4 Å². The fourth-order valence-electron chi connectivity index (χ4n) is 2.83. The van der Waals surface area contributed by atoms with Gasteiger partial charge in [0.05, 0.1) is 23.2 Å². The van der Waals surface area contributed by atoms with Crippen molar-refractivity contribution in [3.8, 4) is 0 Å². The van der Waals surface area contributed by atoms with Crippen LogP contribution in [0.2, 0.25) is 10.0 Å². The number of benzene rings is 1. The van der Waals surface area contributed by atoms with Gasteiger partial charge in [0, 0.05) is 25.4 Å². The molecule has 3 rings (SSSR count). The lowest BCUT2D eigenvalue weighted by Crippen LogP contribution is -2.43. The van der Waals surface area contributed by atoms with Crippen molar-refractivity contribution in [3.05, 3.63) is 52.0 Å². The molecule has 0 radical (unpaired) electrons. The van der Waals surface area contributed by atoms with E-state index in [4.69, 9.17) is 27.9 Å². The second-order valence-corrected chi connectivity index (χ2v) is 6.51. The molecule has 24 heavy (non-hydrogen) atoms. The van der Waals surface area contributed by atoms with Gasteiger partial charge in [0.1, 0.15) is 18.5 Å². The third-order valence-electron chi connectivity index (χ3n) is 4.16. The minimum absolute atomic E-state index is 0.0658. The summed E-state index contributed by atoms with van der Waals surface area (Å²) in [4.78, 5) is 18.7. The van der Waals surface area contributed by atoms with Crippen molar-refractivity contribution in [1.82, 2.24) is 14.5 Å². The second kappa shape index (κ2) is 7.55. The van der Waals surface area contributed by atoms with E-state index in [0.717, 1.165) is 17.8 Å². The number of hydrogen-bond donors (Lipinski definition) is 0. The molecule has 2 aromatic rings. The molecule has 0 spiro atoms. The summed E-state index contributed by atoms with van der Waals surface area (Å²) in [6.45, 7) is 3.93. The zero-order valence-electron chi connectivity index (χ0n) is 13.4. The maximum atomic E-state index is 12.6. The number of amides is 1. The van der Waals surface area contributed by atoms with Gasteiger partial charge < -0.3 is 14.2 Å². The van der Waals surface area contributed by atoms with Crippen molar-refractivity contribution in [2.24, 2.45) is 0 Å². The lowest BCUT2D eigenvalue weighted by atomic mass is 10.1. The molecule has 0 aliphatic carbocycles. The van der Waals surface area contributed by atoms with Crippen LogP contribution in [0.4, 0.5) is 0 Å². The van der Waals surface area contributed by atoms with E-state index in [0.29, 0.717) is 36.3 Å². The first-order chi connectivity index (χ1) is 11.6. The molecule has 1 amide bonds. The standard InChI is InChI=1S/C17H19Cl2N3O2/c1-2-16-20-5-6-21(16)11-17(23)22-7-8-24-15(10-22)12-3-4-13(18)14(19)9-12/h3-6,9,15H,2,7-8,10-11H2,1H3. The first kappa shape index (κ1) is 17.3. The van der Waals surface area contributed by atoms with Crippen LogP contribution in [0.15, 0.2) is 30.6 Å². The number of halogens is 2. The molecule has 0 N–H and O–H groups in total. The van der Waals surface area contributed by atoms with Gasteiger partial charge >= 0.3 is 0 Å². The predicted octanol–water partition coefficient (Wildman–Crippen LogP) is 3.35. The van der Waals surface area contributed by atoms with Gasteiger partial charge in [-0.2, -0.15) is 0 Å². The Labute approximate surface area is 151 Å². The second-order valence-electron chi connectivity index (χ2n) is 5.70. The van der Waals surface area contributed by atoms with E-state index in [1.165, 1.54) is 0 Å². The predicted molar refractivity (Wildman–Crippen MR) is 93.3 cm³/mol. The minimum atomic E-state index is -0.189. The summed E-state index contributed by atoms with van der Waals surface area (Å²) in [7, 11) is 0. The molecule has 2 heterocycles. The molecule has 1 fully saturated rings. The van der Waals surface area contributed by atoms with Crippen molar-refractivity contribution < 1.29 is 9.53 Å². The van der Waals surface area contributed by atoms with Gasteiger partial charge in [-0.25, -0.2) is 4.98 Å². The number of imidazole rings is 1. The summed E-state index contributed by atoms with van der Waals surface area (Å²) in [6, 6.07) is 5.44. The maximum Gasteiger partial charge on any atom is 0.242 e. The van der Waals surface area contributed by atoms with E-state index < -0.39 is 0 Å². The monoisotopic (exact) mass is 367 g/mol. The summed E-state index contributed by atoms with van der Waals surface area (Å²) in [5.74, 6) is 0.980. The average molecular weight is 368 g/mol. The van der Waals surface area contributed by atoms with E-state index in [2.05, 4.69) is 4.98 Å². The van der Waals surface area contributed by atoms with E-state index in [-0.39, 0.29) is 12.0 Å². The number of morpholine rings is 1. The van der Waals surface area contributed by atoms with Crippen molar-refractivity contribution >= 4 is 29.1 Å². The molecule has 1 aromatic carbocycles. The maximum absolute atomic E-state index is 12.6. The fraction of sp³-hybridized carbons (Fsp3) is 0.412. The van der Waals surface area contributed by atoms with E-state index in [1.54, 1.807) is 18.3 Å². The largest absolute Gasteiger partial charge is 0.370 e. The van der Waals surface area contributed by atoms with Crippen LogP contribution in [-0.2, 0) is 22.5 Å². The summed E-state index contributed by atoms with van der Waals surface area (Å²) in [5.41, 5.74) is 0.929. The van der Waals surface area contributed by atoms with Gasteiger partial charge in [-0.05, 0) is 17.7 Å². The van der Waals surface area contributed by atoms with Crippen LogP contribution in [0, 0.1) is 0 Å². The normalized spacial score (nSPS) is 18.0. The first-order valence-electron chi connectivity index (χ1n) is 7.92. The van der Waals surface area contributed by atoms with Gasteiger partial charge in [-0.3, -0.25) is 4.79 Å². The number of hydrogen-bond acceptors (Lipinski definition) is 3. The number of aromatic nitrogens is 2. The Morgan fingerprint density at radius 2 is 2.21 bits per heavy atom. The van der Waals surface area contributed by atoms with Crippen molar-refractivity contribution in [2.75, 3.05) is 19.7 Å². The number of ether oxygens (including phenoxy) is 1. The molecule has 5 nitrogen and oxygen atoms in total. The van der Waals surface area contributed by atoms with Crippen LogP contribution in [0.1, 0.15) is 24.4 Å². The van der Waals surface area contributed by atoms with Gasteiger partial charge in [-0.1, -0.05) is 36.2 Å². The lowest BCUT2D eigenvalue weighted by Gasteiger charge is -2.33. The van der Waals surface area contributed by atoms with Crippen LogP contribution in [-0.4, -0.2) is 40.1 Å². The summed E-state index contributed by atoms with van der Waals surface area (Å²) < 4.78 is 7.70. The van der Waals surface area contributed by atoms with Gasteiger partial charge in [0.25, 0.3) is 0 Å².